The van der Waals surface area contributed by atoms with Crippen LogP contribution in [0.3, 0.4) is 0 Å². The van der Waals surface area contributed by atoms with Crippen molar-refractivity contribution < 1.29 is 0 Å². The summed E-state index contributed by atoms with van der Waals surface area (Å²) in [6.07, 6.45) is 2.05. The lowest BCUT2D eigenvalue weighted by molar-refractivity contribution is 1.35. The minimum absolute atomic E-state index is 1.05. The van der Waals surface area contributed by atoms with Crippen molar-refractivity contribution in [1.29, 1.82) is 0 Å². The van der Waals surface area contributed by atoms with Gasteiger partial charge in [0, 0.05) is 33.3 Å². The number of para-hydroxylation sites is 2. The third-order valence-corrected chi connectivity index (χ3v) is 6.15. The zero-order valence-electron chi connectivity index (χ0n) is 15.6. The van der Waals surface area contributed by atoms with Gasteiger partial charge in [-0.25, -0.2) is 0 Å². The lowest BCUT2D eigenvalue weighted by Crippen LogP contribution is -1.86. The van der Waals surface area contributed by atoms with Gasteiger partial charge in [0.25, 0.3) is 0 Å². The molecule has 29 heavy (non-hydrogen) atoms. The second-order valence-corrected chi connectivity index (χ2v) is 7.68. The van der Waals surface area contributed by atoms with Gasteiger partial charge in [-0.05, 0) is 29.0 Å². The van der Waals surface area contributed by atoms with E-state index in [1.807, 2.05) is 6.20 Å². The van der Waals surface area contributed by atoms with Crippen LogP contribution >= 0.6 is 0 Å². The van der Waals surface area contributed by atoms with Crippen molar-refractivity contribution in [3.8, 4) is 11.3 Å². The zero-order chi connectivity index (χ0) is 18.9. The molecule has 3 aromatic heterocycles. The van der Waals surface area contributed by atoms with Crippen LogP contribution < -0.4 is 0 Å². The fourth-order valence-electron chi connectivity index (χ4n) is 4.89. The smallest absolute Gasteiger partial charge is 0.0802 e. The molecule has 0 aliphatic rings. The van der Waals surface area contributed by atoms with E-state index >= 15 is 0 Å². The van der Waals surface area contributed by atoms with Crippen LogP contribution in [0.2, 0.25) is 0 Å². The lowest BCUT2D eigenvalue weighted by atomic mass is 10.0. The largest absolute Gasteiger partial charge is 0.308 e. The summed E-state index contributed by atoms with van der Waals surface area (Å²) >= 11 is 0. The van der Waals surface area contributed by atoms with Crippen LogP contribution in [0.5, 0.6) is 0 Å². The molecular weight excluding hydrogens is 352 g/mol. The minimum Gasteiger partial charge on any atom is -0.308 e. The van der Waals surface area contributed by atoms with Gasteiger partial charge in [0.05, 0.1) is 22.2 Å². The van der Waals surface area contributed by atoms with E-state index in [1.54, 1.807) is 0 Å². The first-order valence-corrected chi connectivity index (χ1v) is 9.91. The third kappa shape index (κ3) is 1.88. The monoisotopic (exact) mass is 368 g/mol. The molecule has 0 aliphatic carbocycles. The van der Waals surface area contributed by atoms with E-state index in [1.165, 1.54) is 48.9 Å². The molecule has 0 spiro atoms. The molecule has 2 heteroatoms. The molecule has 0 amide bonds. The van der Waals surface area contributed by atoms with E-state index < -0.39 is 0 Å². The number of nitrogens with zero attached hydrogens (tertiary/aromatic N) is 2. The van der Waals surface area contributed by atoms with Gasteiger partial charge >= 0.3 is 0 Å². The molecule has 7 aromatic rings. The molecule has 0 fully saturated rings. The Balaban J connectivity index is 1.71. The normalized spacial score (nSPS) is 12.1. The predicted molar refractivity (Wildman–Crippen MR) is 122 cm³/mol. The molecule has 7 rings (SSSR count). The van der Waals surface area contributed by atoms with Gasteiger partial charge in [0.1, 0.15) is 0 Å². The number of fused-ring (bicyclic) bond motifs is 7. The fourth-order valence-corrected chi connectivity index (χ4v) is 4.89. The van der Waals surface area contributed by atoms with Crippen molar-refractivity contribution >= 4 is 48.9 Å². The molecule has 0 saturated carbocycles. The summed E-state index contributed by atoms with van der Waals surface area (Å²) < 4.78 is 2.40. The highest BCUT2D eigenvalue weighted by Crippen LogP contribution is 2.42. The Morgan fingerprint density at radius 1 is 0.586 bits per heavy atom. The Morgan fingerprint density at radius 2 is 1.28 bits per heavy atom. The summed E-state index contributed by atoms with van der Waals surface area (Å²) in [6.45, 7) is 0. The van der Waals surface area contributed by atoms with Crippen LogP contribution in [0.4, 0.5) is 0 Å². The molecule has 134 valence electrons. The van der Waals surface area contributed by atoms with Gasteiger partial charge in [0.15, 0.2) is 0 Å². The highest BCUT2D eigenvalue weighted by atomic mass is 14.9. The van der Waals surface area contributed by atoms with Crippen molar-refractivity contribution in [3.05, 3.63) is 97.2 Å². The molecule has 3 heterocycles. The standard InChI is InChI=1S/C27H16N2/c1-2-8-18-15-19(14-13-17(18)7-1)26-25-21-10-4-6-12-24(21)29-23-11-5-3-9-20(23)22(16-28-26)27(25)29/h1-16H. The number of rotatable bonds is 1. The number of hydrogen-bond donors (Lipinski definition) is 0. The van der Waals surface area contributed by atoms with E-state index in [-0.39, 0.29) is 0 Å². The van der Waals surface area contributed by atoms with Crippen LogP contribution in [0.1, 0.15) is 0 Å². The molecular formula is C27H16N2. The van der Waals surface area contributed by atoms with E-state index in [9.17, 15) is 0 Å². The Labute approximate surface area is 167 Å². The van der Waals surface area contributed by atoms with Gasteiger partial charge in [-0.15, -0.1) is 0 Å². The van der Waals surface area contributed by atoms with Crippen LogP contribution in [-0.4, -0.2) is 9.38 Å². The van der Waals surface area contributed by atoms with Gasteiger partial charge in [0.2, 0.25) is 0 Å². The summed E-state index contributed by atoms with van der Waals surface area (Å²) in [5, 5.41) is 7.47. The molecule has 0 aliphatic heterocycles. The van der Waals surface area contributed by atoms with Crippen LogP contribution in [0, 0.1) is 0 Å². The molecule has 0 N–H and O–H groups in total. The first kappa shape index (κ1) is 15.1. The summed E-state index contributed by atoms with van der Waals surface area (Å²) in [5.41, 5.74) is 5.96. The van der Waals surface area contributed by atoms with Crippen LogP contribution in [0.25, 0.3) is 60.1 Å². The number of pyridine rings is 1. The molecule has 0 bridgehead atoms. The maximum Gasteiger partial charge on any atom is 0.0802 e. The molecule has 0 atom stereocenters. The topological polar surface area (TPSA) is 17.3 Å². The second-order valence-electron chi connectivity index (χ2n) is 7.68. The third-order valence-electron chi connectivity index (χ3n) is 6.15. The van der Waals surface area contributed by atoms with Crippen molar-refractivity contribution in [2.75, 3.05) is 0 Å². The maximum atomic E-state index is 5.00. The van der Waals surface area contributed by atoms with E-state index in [0.29, 0.717) is 0 Å². The van der Waals surface area contributed by atoms with Crippen molar-refractivity contribution in [1.82, 2.24) is 9.38 Å². The Hall–Kier alpha value is -3.91. The Morgan fingerprint density at radius 3 is 2.14 bits per heavy atom. The van der Waals surface area contributed by atoms with Gasteiger partial charge in [-0.1, -0.05) is 72.8 Å². The Bertz CT molecular complexity index is 1700. The highest BCUT2D eigenvalue weighted by Gasteiger charge is 2.20. The van der Waals surface area contributed by atoms with Crippen LogP contribution in [0.15, 0.2) is 97.2 Å². The molecule has 0 radical (unpaired) electrons. The van der Waals surface area contributed by atoms with Gasteiger partial charge < -0.3 is 4.40 Å². The van der Waals surface area contributed by atoms with Crippen molar-refractivity contribution in [2.45, 2.75) is 0 Å². The summed E-state index contributed by atoms with van der Waals surface area (Å²) in [7, 11) is 0. The summed E-state index contributed by atoms with van der Waals surface area (Å²) in [5.74, 6) is 0. The SMILES string of the molecule is c1ccc2cc(-c3ncc4c5ccccc5n5c6ccccc6c3c45)ccc2c1. The van der Waals surface area contributed by atoms with E-state index in [0.717, 1.165) is 11.3 Å². The average molecular weight is 368 g/mol. The Kier molecular flexibility index (Phi) is 2.77. The number of aromatic nitrogens is 2. The molecule has 4 aromatic carbocycles. The molecule has 0 saturated heterocycles. The quantitative estimate of drug-likeness (QED) is 0.303. The van der Waals surface area contributed by atoms with E-state index in [2.05, 4.69) is 95.4 Å². The molecule has 0 unspecified atom stereocenters. The zero-order valence-corrected chi connectivity index (χ0v) is 15.6. The van der Waals surface area contributed by atoms with Crippen LogP contribution in [-0.2, 0) is 0 Å². The first-order chi connectivity index (χ1) is 14.4. The number of benzene rings is 4. The summed E-state index contributed by atoms with van der Waals surface area (Å²) in [6, 6.07) is 32.4. The number of hydrogen-bond acceptors (Lipinski definition) is 1. The van der Waals surface area contributed by atoms with Crippen molar-refractivity contribution in [2.24, 2.45) is 0 Å². The van der Waals surface area contributed by atoms with Gasteiger partial charge in [-0.2, -0.15) is 0 Å². The highest BCUT2D eigenvalue weighted by molar-refractivity contribution is 6.26. The van der Waals surface area contributed by atoms with Crippen molar-refractivity contribution in [3.63, 3.8) is 0 Å². The minimum atomic E-state index is 1.05. The average Bonchev–Trinajstić information content (AvgIpc) is 3.31. The maximum absolute atomic E-state index is 5.00. The molecule has 2 nitrogen and oxygen atoms in total. The predicted octanol–water partition coefficient (Wildman–Crippen LogP) is 7.05. The summed E-state index contributed by atoms with van der Waals surface area (Å²) in [4.78, 5) is 5.00. The second kappa shape index (κ2) is 5.33. The first-order valence-electron chi connectivity index (χ1n) is 9.91. The fraction of sp³-hybridized carbons (Fsp3) is 0. The van der Waals surface area contributed by atoms with Gasteiger partial charge in [-0.3, -0.25) is 4.98 Å². The van der Waals surface area contributed by atoms with E-state index in [4.69, 9.17) is 4.98 Å². The lowest BCUT2D eigenvalue weighted by Gasteiger charge is -2.06.